The first-order chi connectivity index (χ1) is 10.4. The van der Waals surface area contributed by atoms with Gasteiger partial charge in [-0.3, -0.25) is 0 Å². The number of nitrogens with one attached hydrogen (secondary N) is 1. The smallest absolute Gasteiger partial charge is 0.417 e. The minimum absolute atomic E-state index is 0.0442. The average molecular weight is 311 g/mol. The molecule has 1 aromatic heterocycles. The lowest BCUT2D eigenvalue weighted by molar-refractivity contribution is -0.137. The van der Waals surface area contributed by atoms with Gasteiger partial charge in [0.25, 0.3) is 0 Å². The van der Waals surface area contributed by atoms with Gasteiger partial charge in [-0.1, -0.05) is 12.1 Å². The van der Waals surface area contributed by atoms with Crippen molar-refractivity contribution in [3.05, 3.63) is 47.7 Å². The van der Waals surface area contributed by atoms with Crippen molar-refractivity contribution >= 4 is 11.5 Å². The van der Waals surface area contributed by atoms with Crippen LogP contribution >= 0.6 is 0 Å². The number of rotatable bonds is 5. The van der Waals surface area contributed by atoms with E-state index in [0.717, 1.165) is 23.6 Å². The van der Waals surface area contributed by atoms with Gasteiger partial charge in [-0.2, -0.15) is 13.2 Å². The predicted octanol–water partition coefficient (Wildman–Crippen LogP) is 3.35. The van der Waals surface area contributed by atoms with Gasteiger partial charge in [0.15, 0.2) is 0 Å². The molecule has 2 aromatic rings. The van der Waals surface area contributed by atoms with Crippen LogP contribution in [0.4, 0.5) is 24.7 Å². The van der Waals surface area contributed by atoms with Gasteiger partial charge < -0.3 is 15.8 Å². The molecule has 0 amide bonds. The van der Waals surface area contributed by atoms with E-state index in [1.165, 1.54) is 0 Å². The molecule has 0 radical (unpaired) electrons. The van der Waals surface area contributed by atoms with E-state index in [0.29, 0.717) is 13.0 Å². The van der Waals surface area contributed by atoms with Crippen LogP contribution < -0.4 is 15.8 Å². The van der Waals surface area contributed by atoms with Gasteiger partial charge in [-0.25, -0.2) is 4.98 Å². The first-order valence-corrected chi connectivity index (χ1v) is 6.59. The van der Waals surface area contributed by atoms with Crippen molar-refractivity contribution in [1.82, 2.24) is 4.98 Å². The van der Waals surface area contributed by atoms with Crippen LogP contribution in [0.15, 0.2) is 36.5 Å². The number of halogens is 3. The van der Waals surface area contributed by atoms with Crippen molar-refractivity contribution in [3.8, 4) is 5.75 Å². The molecular weight excluding hydrogens is 295 g/mol. The highest BCUT2D eigenvalue weighted by Gasteiger charge is 2.31. The highest BCUT2D eigenvalue weighted by molar-refractivity contribution is 5.62. The zero-order valence-corrected chi connectivity index (χ0v) is 11.9. The summed E-state index contributed by atoms with van der Waals surface area (Å²) in [6.07, 6.45) is -3.07. The maximum atomic E-state index is 12.6. The van der Waals surface area contributed by atoms with Crippen LogP contribution in [0.2, 0.25) is 0 Å². The molecule has 22 heavy (non-hydrogen) atoms. The summed E-state index contributed by atoms with van der Waals surface area (Å²) in [6, 6.07) is 8.42. The largest absolute Gasteiger partial charge is 0.497 e. The van der Waals surface area contributed by atoms with Gasteiger partial charge in [-0.05, 0) is 30.2 Å². The number of nitrogens with zero attached hydrogens (tertiary/aromatic N) is 1. The molecule has 3 N–H and O–H groups in total. The molecule has 1 heterocycles. The Balaban J connectivity index is 1.98. The van der Waals surface area contributed by atoms with Crippen molar-refractivity contribution in [3.63, 3.8) is 0 Å². The number of nitrogen functional groups attached to an aromatic ring is 1. The molecule has 2 rings (SSSR count). The quantitative estimate of drug-likeness (QED) is 0.889. The summed E-state index contributed by atoms with van der Waals surface area (Å²) in [5.41, 5.74) is 5.98. The van der Waals surface area contributed by atoms with E-state index in [2.05, 4.69) is 10.3 Å². The fourth-order valence-electron chi connectivity index (χ4n) is 1.91. The van der Waals surface area contributed by atoms with Gasteiger partial charge in [-0.15, -0.1) is 0 Å². The maximum absolute atomic E-state index is 12.6. The van der Waals surface area contributed by atoms with Gasteiger partial charge in [0, 0.05) is 12.7 Å². The zero-order valence-electron chi connectivity index (χ0n) is 11.9. The topological polar surface area (TPSA) is 60.2 Å². The molecule has 118 valence electrons. The summed E-state index contributed by atoms with van der Waals surface area (Å²) in [5.74, 6) is 0.797. The van der Waals surface area contributed by atoms with E-state index < -0.39 is 11.7 Å². The van der Waals surface area contributed by atoms with Crippen LogP contribution in [-0.4, -0.2) is 18.6 Å². The Hall–Kier alpha value is -2.44. The van der Waals surface area contributed by atoms with E-state index in [9.17, 15) is 13.2 Å². The lowest BCUT2D eigenvalue weighted by atomic mass is 10.1. The van der Waals surface area contributed by atoms with E-state index >= 15 is 0 Å². The van der Waals surface area contributed by atoms with Gasteiger partial charge in [0.05, 0.1) is 18.4 Å². The molecule has 0 aliphatic rings. The molecule has 0 aliphatic carbocycles. The SMILES string of the molecule is COc1ccc(CCNc2cc(C(F)(F)F)cnc2N)cc1. The van der Waals surface area contributed by atoms with Gasteiger partial charge in [0.1, 0.15) is 11.6 Å². The Labute approximate surface area is 126 Å². The fraction of sp³-hybridized carbons (Fsp3) is 0.267. The highest BCUT2D eigenvalue weighted by atomic mass is 19.4. The van der Waals surface area contributed by atoms with Crippen LogP contribution in [-0.2, 0) is 12.6 Å². The second-order valence-electron chi connectivity index (χ2n) is 4.68. The zero-order chi connectivity index (χ0) is 16.2. The Kier molecular flexibility index (Phi) is 4.75. The second kappa shape index (κ2) is 6.55. The van der Waals surface area contributed by atoms with Crippen molar-refractivity contribution in [2.24, 2.45) is 0 Å². The summed E-state index contributed by atoms with van der Waals surface area (Å²) >= 11 is 0. The van der Waals surface area contributed by atoms with Gasteiger partial charge in [0.2, 0.25) is 0 Å². The summed E-state index contributed by atoms with van der Waals surface area (Å²) in [6.45, 7) is 0.444. The number of hydrogen-bond donors (Lipinski definition) is 2. The Morgan fingerprint density at radius 2 is 1.91 bits per heavy atom. The molecular formula is C15H16F3N3O. The molecule has 7 heteroatoms. The normalized spacial score (nSPS) is 11.3. The van der Waals surface area contributed by atoms with E-state index in [-0.39, 0.29) is 11.5 Å². The van der Waals surface area contributed by atoms with Crippen molar-refractivity contribution < 1.29 is 17.9 Å². The maximum Gasteiger partial charge on any atom is 0.417 e. The number of alkyl halides is 3. The average Bonchev–Trinajstić information content (AvgIpc) is 2.48. The lowest BCUT2D eigenvalue weighted by Gasteiger charge is -2.12. The van der Waals surface area contributed by atoms with Crippen molar-refractivity contribution in [2.75, 3.05) is 24.7 Å². The minimum atomic E-state index is -4.44. The Morgan fingerprint density at radius 3 is 2.50 bits per heavy atom. The molecule has 1 aromatic carbocycles. The molecule has 0 saturated heterocycles. The van der Waals surface area contributed by atoms with Crippen LogP contribution in [0.3, 0.4) is 0 Å². The summed E-state index contributed by atoms with van der Waals surface area (Å²) in [5, 5.41) is 2.88. The number of nitrogens with two attached hydrogens (primary N) is 1. The lowest BCUT2D eigenvalue weighted by Crippen LogP contribution is -2.11. The van der Waals surface area contributed by atoms with Crippen LogP contribution in [0.5, 0.6) is 5.75 Å². The Bertz CT molecular complexity index is 627. The fourth-order valence-corrected chi connectivity index (χ4v) is 1.91. The monoisotopic (exact) mass is 311 g/mol. The summed E-state index contributed by atoms with van der Waals surface area (Å²) < 4.78 is 43.0. The molecule has 0 aliphatic heterocycles. The van der Waals surface area contributed by atoms with Crippen LogP contribution in [0.25, 0.3) is 0 Å². The third-order valence-electron chi connectivity index (χ3n) is 3.13. The second-order valence-corrected chi connectivity index (χ2v) is 4.68. The van der Waals surface area contributed by atoms with E-state index in [1.54, 1.807) is 7.11 Å². The molecule has 0 atom stereocenters. The van der Waals surface area contributed by atoms with Crippen LogP contribution in [0.1, 0.15) is 11.1 Å². The molecule has 0 saturated carbocycles. The number of aromatic nitrogens is 1. The molecule has 4 nitrogen and oxygen atoms in total. The first kappa shape index (κ1) is 15.9. The number of pyridine rings is 1. The number of hydrogen-bond acceptors (Lipinski definition) is 4. The highest BCUT2D eigenvalue weighted by Crippen LogP contribution is 2.31. The first-order valence-electron chi connectivity index (χ1n) is 6.59. The molecule has 0 unspecified atom stereocenters. The summed E-state index contributed by atoms with van der Waals surface area (Å²) in [7, 11) is 1.58. The van der Waals surface area contributed by atoms with Crippen LogP contribution in [0, 0.1) is 0 Å². The summed E-state index contributed by atoms with van der Waals surface area (Å²) in [4.78, 5) is 3.57. The minimum Gasteiger partial charge on any atom is -0.497 e. The standard InChI is InChI=1S/C15H16F3N3O/c1-22-12-4-2-10(3-5-12)6-7-20-13-8-11(15(16,17)18)9-21-14(13)19/h2-5,8-9,20H,6-7H2,1H3,(H2,19,21). The van der Waals surface area contributed by atoms with Crippen molar-refractivity contribution in [2.45, 2.75) is 12.6 Å². The van der Waals surface area contributed by atoms with E-state index in [1.807, 2.05) is 24.3 Å². The number of anilines is 2. The van der Waals surface area contributed by atoms with Crippen molar-refractivity contribution in [1.29, 1.82) is 0 Å². The number of benzene rings is 1. The number of methoxy groups -OCH3 is 1. The Morgan fingerprint density at radius 1 is 1.23 bits per heavy atom. The predicted molar refractivity (Wildman–Crippen MR) is 78.8 cm³/mol. The third-order valence-corrected chi connectivity index (χ3v) is 3.13. The molecule has 0 fully saturated rings. The van der Waals surface area contributed by atoms with Gasteiger partial charge >= 0.3 is 6.18 Å². The number of ether oxygens (including phenoxy) is 1. The third kappa shape index (κ3) is 4.03. The van der Waals surface area contributed by atoms with E-state index in [4.69, 9.17) is 10.5 Å². The molecule has 0 spiro atoms. The molecule has 0 bridgehead atoms.